The molecule has 0 fully saturated rings. The number of fused-ring (bicyclic) bond motifs is 2. The zero-order chi connectivity index (χ0) is 19.2. The number of nitrogens with two attached hydrogens (primary N) is 1. The Kier molecular flexibility index (Phi) is 4.16. The van der Waals surface area contributed by atoms with E-state index in [0.29, 0.717) is 17.2 Å². The summed E-state index contributed by atoms with van der Waals surface area (Å²) in [7, 11) is -3.40. The summed E-state index contributed by atoms with van der Waals surface area (Å²) in [6.45, 7) is 1.58. The van der Waals surface area contributed by atoms with E-state index >= 15 is 0 Å². The van der Waals surface area contributed by atoms with Gasteiger partial charge in [0.05, 0.1) is 17.4 Å². The second-order valence-corrected chi connectivity index (χ2v) is 8.54. The Hall–Kier alpha value is -2.84. The average molecular weight is 384 g/mol. The molecule has 5 N–H and O–H groups in total. The van der Waals surface area contributed by atoms with Crippen LogP contribution in [0.5, 0.6) is 0 Å². The minimum atomic E-state index is -3.40. The van der Waals surface area contributed by atoms with Crippen molar-refractivity contribution in [1.82, 2.24) is 4.98 Å². The number of aromatic nitrogens is 1. The number of nitrogen functional groups attached to an aromatic ring is 1. The van der Waals surface area contributed by atoms with E-state index in [1.807, 2.05) is 24.3 Å². The maximum absolute atomic E-state index is 11.9. The van der Waals surface area contributed by atoms with Crippen LogP contribution in [-0.2, 0) is 10.0 Å². The Morgan fingerprint density at radius 2 is 2.00 bits per heavy atom. The molecule has 2 heterocycles. The van der Waals surface area contributed by atoms with Crippen molar-refractivity contribution in [2.75, 3.05) is 21.5 Å². The van der Waals surface area contributed by atoms with E-state index in [9.17, 15) is 13.5 Å². The molecular formula is C19H20N4O3S. The lowest BCUT2D eigenvalue weighted by Gasteiger charge is -2.18. The molecular weight excluding hydrogens is 364 g/mol. The van der Waals surface area contributed by atoms with Gasteiger partial charge in [0, 0.05) is 16.8 Å². The fourth-order valence-corrected chi connectivity index (χ4v) is 4.09. The summed E-state index contributed by atoms with van der Waals surface area (Å²) in [5, 5.41) is 15.5. The number of nitrogens with zero attached hydrogens (tertiary/aromatic N) is 1. The Morgan fingerprint density at radius 1 is 1.22 bits per heavy atom. The van der Waals surface area contributed by atoms with Crippen molar-refractivity contribution < 1.29 is 13.5 Å². The van der Waals surface area contributed by atoms with E-state index < -0.39 is 22.2 Å². The summed E-state index contributed by atoms with van der Waals surface area (Å²) >= 11 is 0. The summed E-state index contributed by atoms with van der Waals surface area (Å²) in [4.78, 5) is 4.49. The van der Waals surface area contributed by atoms with Crippen LogP contribution in [0.2, 0.25) is 0 Å². The van der Waals surface area contributed by atoms with Gasteiger partial charge in [0.15, 0.2) is 0 Å². The number of rotatable bonds is 4. The lowest BCUT2D eigenvalue weighted by Crippen LogP contribution is -2.21. The van der Waals surface area contributed by atoms with Gasteiger partial charge in [-0.3, -0.25) is 4.72 Å². The monoisotopic (exact) mass is 384 g/mol. The molecule has 0 bridgehead atoms. The molecule has 2 unspecified atom stereocenters. The third kappa shape index (κ3) is 3.17. The highest BCUT2D eigenvalue weighted by Crippen LogP contribution is 2.42. The Labute approximate surface area is 157 Å². The highest BCUT2D eigenvalue weighted by molar-refractivity contribution is 7.92. The Morgan fingerprint density at radius 3 is 2.78 bits per heavy atom. The van der Waals surface area contributed by atoms with Crippen LogP contribution in [0.1, 0.15) is 24.1 Å². The SMILES string of the molecule is CCS(=O)(=O)Nc1ccc2c(c1)C(c1nc(N)cc3ccccc13)C(O)N2. The fourth-order valence-electron chi connectivity index (χ4n) is 3.46. The minimum Gasteiger partial charge on any atom is -0.384 e. The topological polar surface area (TPSA) is 117 Å². The smallest absolute Gasteiger partial charge is 0.232 e. The molecule has 0 amide bonds. The lowest BCUT2D eigenvalue weighted by molar-refractivity contribution is 0.193. The molecule has 0 aliphatic carbocycles. The van der Waals surface area contributed by atoms with E-state index in [0.717, 1.165) is 22.0 Å². The predicted molar refractivity (Wildman–Crippen MR) is 107 cm³/mol. The van der Waals surface area contributed by atoms with Crippen molar-refractivity contribution in [3.8, 4) is 0 Å². The first kappa shape index (κ1) is 17.6. The van der Waals surface area contributed by atoms with Gasteiger partial charge in [0.2, 0.25) is 10.0 Å². The summed E-state index contributed by atoms with van der Waals surface area (Å²) in [5.74, 6) is -0.123. The van der Waals surface area contributed by atoms with E-state index in [4.69, 9.17) is 5.73 Å². The van der Waals surface area contributed by atoms with Gasteiger partial charge in [0.1, 0.15) is 12.0 Å². The second-order valence-electron chi connectivity index (χ2n) is 6.53. The van der Waals surface area contributed by atoms with Crippen LogP contribution in [0, 0.1) is 0 Å². The maximum Gasteiger partial charge on any atom is 0.232 e. The molecule has 0 saturated heterocycles. The molecule has 1 aliphatic heterocycles. The molecule has 3 aromatic rings. The van der Waals surface area contributed by atoms with Crippen molar-refractivity contribution in [2.24, 2.45) is 0 Å². The number of hydrogen-bond acceptors (Lipinski definition) is 6. The zero-order valence-electron chi connectivity index (χ0n) is 14.7. The first-order chi connectivity index (χ1) is 12.9. The number of hydrogen-bond donors (Lipinski definition) is 4. The largest absolute Gasteiger partial charge is 0.384 e. The molecule has 2 aromatic carbocycles. The van der Waals surface area contributed by atoms with Crippen LogP contribution >= 0.6 is 0 Å². The quantitative estimate of drug-likeness (QED) is 0.549. The van der Waals surface area contributed by atoms with Crippen LogP contribution in [0.4, 0.5) is 17.2 Å². The van der Waals surface area contributed by atoms with Crippen LogP contribution < -0.4 is 15.8 Å². The van der Waals surface area contributed by atoms with Gasteiger partial charge < -0.3 is 16.2 Å². The molecule has 0 saturated carbocycles. The standard InChI is InChI=1S/C19H20N4O3S/c1-2-27(25,26)23-12-7-8-15-14(10-12)17(19(24)21-15)18-13-6-4-3-5-11(13)9-16(20)22-18/h3-10,17,19,21,23-24H,2H2,1H3,(H2,20,22). The van der Waals surface area contributed by atoms with Gasteiger partial charge in [-0.1, -0.05) is 24.3 Å². The van der Waals surface area contributed by atoms with E-state index in [1.54, 1.807) is 31.2 Å². The van der Waals surface area contributed by atoms with Crippen LogP contribution in [0.3, 0.4) is 0 Å². The molecule has 1 aromatic heterocycles. The number of sulfonamides is 1. The van der Waals surface area contributed by atoms with Crippen LogP contribution in [-0.4, -0.2) is 30.5 Å². The van der Waals surface area contributed by atoms with Crippen LogP contribution in [0.25, 0.3) is 10.8 Å². The summed E-state index contributed by atoms with van der Waals surface area (Å²) < 4.78 is 26.3. The average Bonchev–Trinajstić information content (AvgIpc) is 2.95. The number of aliphatic hydroxyl groups excluding tert-OH is 1. The molecule has 140 valence electrons. The van der Waals surface area contributed by atoms with Gasteiger partial charge in [-0.2, -0.15) is 0 Å². The third-order valence-corrected chi connectivity index (χ3v) is 6.05. The van der Waals surface area contributed by atoms with E-state index in [-0.39, 0.29) is 5.75 Å². The first-order valence-electron chi connectivity index (χ1n) is 8.62. The van der Waals surface area contributed by atoms with Crippen molar-refractivity contribution >= 4 is 38.0 Å². The van der Waals surface area contributed by atoms with Crippen molar-refractivity contribution in [2.45, 2.75) is 19.1 Å². The van der Waals surface area contributed by atoms with Crippen molar-refractivity contribution in [3.05, 3.63) is 59.8 Å². The van der Waals surface area contributed by atoms with Crippen LogP contribution in [0.15, 0.2) is 48.5 Å². The summed E-state index contributed by atoms with van der Waals surface area (Å²) in [6.07, 6.45) is -0.893. The van der Waals surface area contributed by atoms with Gasteiger partial charge >= 0.3 is 0 Å². The highest BCUT2D eigenvalue weighted by Gasteiger charge is 2.34. The van der Waals surface area contributed by atoms with Crippen molar-refractivity contribution in [1.29, 1.82) is 0 Å². The van der Waals surface area contributed by atoms with E-state index in [1.165, 1.54) is 0 Å². The van der Waals surface area contributed by atoms with Crippen molar-refractivity contribution in [3.63, 3.8) is 0 Å². The lowest BCUT2D eigenvalue weighted by atomic mass is 9.92. The zero-order valence-corrected chi connectivity index (χ0v) is 15.5. The first-order valence-corrected chi connectivity index (χ1v) is 10.3. The number of nitrogens with one attached hydrogen (secondary N) is 2. The molecule has 8 heteroatoms. The Bertz CT molecular complexity index is 1130. The van der Waals surface area contributed by atoms with E-state index in [2.05, 4.69) is 15.0 Å². The third-order valence-electron chi connectivity index (χ3n) is 4.74. The normalized spacial score (nSPS) is 18.9. The van der Waals surface area contributed by atoms with Gasteiger partial charge in [-0.15, -0.1) is 0 Å². The second kappa shape index (κ2) is 6.40. The number of pyridine rings is 1. The summed E-state index contributed by atoms with van der Waals surface area (Å²) in [5.41, 5.74) is 8.59. The van der Waals surface area contributed by atoms with Gasteiger partial charge in [-0.05, 0) is 42.1 Å². The summed E-state index contributed by atoms with van der Waals surface area (Å²) in [6, 6.07) is 14.6. The predicted octanol–water partition coefficient (Wildman–Crippen LogP) is 2.45. The Balaban J connectivity index is 1.85. The number of benzene rings is 2. The minimum absolute atomic E-state index is 0.0181. The molecule has 0 radical (unpaired) electrons. The molecule has 2 atom stereocenters. The molecule has 1 aliphatic rings. The number of aliphatic hydroxyl groups is 1. The maximum atomic E-state index is 11.9. The molecule has 4 rings (SSSR count). The molecule has 0 spiro atoms. The van der Waals surface area contributed by atoms with Gasteiger partial charge in [0.25, 0.3) is 0 Å². The highest BCUT2D eigenvalue weighted by atomic mass is 32.2. The number of anilines is 3. The molecule has 27 heavy (non-hydrogen) atoms. The molecule has 7 nitrogen and oxygen atoms in total. The fraction of sp³-hybridized carbons (Fsp3) is 0.211. The van der Waals surface area contributed by atoms with Gasteiger partial charge in [-0.25, -0.2) is 13.4 Å².